The van der Waals surface area contributed by atoms with Crippen molar-refractivity contribution in [3.8, 4) is 6.07 Å². The van der Waals surface area contributed by atoms with E-state index in [0.29, 0.717) is 28.8 Å². The molecule has 0 radical (unpaired) electrons. The van der Waals surface area contributed by atoms with E-state index in [-0.39, 0.29) is 24.0 Å². The standard InChI is InChI=1S/C25H31N3O4S/c1-15(29)28-25-10-16-7-17(11-25)9-24(8-16,14-25)23(31)32-13-21(30)27-22-19(12-26)18-5-3-2-4-6-20(18)33-22/h16-17H,2-11,13-14H2,1H3,(H,27,30)(H,28,29). The molecule has 4 bridgehead atoms. The summed E-state index contributed by atoms with van der Waals surface area (Å²) < 4.78 is 5.56. The van der Waals surface area contributed by atoms with Gasteiger partial charge >= 0.3 is 5.97 Å². The van der Waals surface area contributed by atoms with Crippen molar-refractivity contribution in [2.24, 2.45) is 17.3 Å². The molecule has 33 heavy (non-hydrogen) atoms. The number of nitrogens with zero attached hydrogens (tertiary/aromatic N) is 1. The smallest absolute Gasteiger partial charge is 0.312 e. The van der Waals surface area contributed by atoms with Crippen molar-refractivity contribution in [3.63, 3.8) is 0 Å². The van der Waals surface area contributed by atoms with Crippen LogP contribution in [-0.2, 0) is 32.0 Å². The lowest BCUT2D eigenvalue weighted by atomic mass is 9.47. The van der Waals surface area contributed by atoms with Gasteiger partial charge in [-0.2, -0.15) is 5.26 Å². The summed E-state index contributed by atoms with van der Waals surface area (Å²) in [7, 11) is 0. The first-order chi connectivity index (χ1) is 15.8. The van der Waals surface area contributed by atoms with Crippen molar-refractivity contribution in [1.29, 1.82) is 5.26 Å². The average Bonchev–Trinajstić information content (AvgIpc) is 2.88. The molecule has 5 aliphatic carbocycles. The maximum absolute atomic E-state index is 13.2. The molecule has 0 saturated heterocycles. The van der Waals surface area contributed by atoms with E-state index in [4.69, 9.17) is 4.74 Å². The van der Waals surface area contributed by atoms with Crippen molar-refractivity contribution >= 4 is 34.1 Å². The normalized spacial score (nSPS) is 31.8. The molecule has 1 aromatic rings. The van der Waals surface area contributed by atoms with Gasteiger partial charge in [0.2, 0.25) is 5.91 Å². The highest BCUT2D eigenvalue weighted by atomic mass is 32.1. The summed E-state index contributed by atoms with van der Waals surface area (Å²) in [4.78, 5) is 38.9. The van der Waals surface area contributed by atoms with Crippen LogP contribution in [-0.4, -0.2) is 29.9 Å². The van der Waals surface area contributed by atoms with E-state index in [1.54, 1.807) is 0 Å². The highest BCUT2D eigenvalue weighted by molar-refractivity contribution is 7.16. The number of hydrogen-bond acceptors (Lipinski definition) is 6. The summed E-state index contributed by atoms with van der Waals surface area (Å²) in [5.41, 5.74) is 0.720. The summed E-state index contributed by atoms with van der Waals surface area (Å²) in [6.07, 6.45) is 10.3. The van der Waals surface area contributed by atoms with Gasteiger partial charge < -0.3 is 15.4 Å². The van der Waals surface area contributed by atoms with Gasteiger partial charge in [-0.15, -0.1) is 11.3 Å². The summed E-state index contributed by atoms with van der Waals surface area (Å²) in [6, 6.07) is 2.26. The minimum Gasteiger partial charge on any atom is -0.455 e. The van der Waals surface area contributed by atoms with Crippen LogP contribution in [0.4, 0.5) is 5.00 Å². The minimum absolute atomic E-state index is 0.0532. The van der Waals surface area contributed by atoms with E-state index in [9.17, 15) is 19.6 Å². The number of anilines is 1. The fourth-order valence-corrected chi connectivity index (χ4v) is 8.67. The molecule has 6 rings (SSSR count). The molecular formula is C25H31N3O4S. The third kappa shape index (κ3) is 4.16. The van der Waals surface area contributed by atoms with Crippen LogP contribution >= 0.6 is 11.3 Å². The lowest BCUT2D eigenvalue weighted by molar-refractivity contribution is -0.176. The van der Waals surface area contributed by atoms with Crippen LogP contribution in [0.5, 0.6) is 0 Å². The Bertz CT molecular complexity index is 1030. The van der Waals surface area contributed by atoms with Crippen LogP contribution in [0.15, 0.2) is 0 Å². The zero-order valence-electron chi connectivity index (χ0n) is 19.1. The highest BCUT2D eigenvalue weighted by Gasteiger charge is 2.61. The second kappa shape index (κ2) is 8.43. The second-order valence-electron chi connectivity index (χ2n) is 10.7. The van der Waals surface area contributed by atoms with Gasteiger partial charge in [0, 0.05) is 17.3 Å². The lowest BCUT2D eigenvalue weighted by Gasteiger charge is -2.60. The zero-order chi connectivity index (χ0) is 23.2. The van der Waals surface area contributed by atoms with Crippen LogP contribution < -0.4 is 10.6 Å². The molecule has 1 heterocycles. The molecule has 5 aliphatic rings. The Morgan fingerprint density at radius 2 is 1.85 bits per heavy atom. The predicted octanol–water partition coefficient (Wildman–Crippen LogP) is 3.85. The van der Waals surface area contributed by atoms with Gasteiger partial charge in [-0.25, -0.2) is 0 Å². The third-order valence-electron chi connectivity index (χ3n) is 8.06. The third-order valence-corrected chi connectivity index (χ3v) is 9.26. The molecule has 7 nitrogen and oxygen atoms in total. The number of esters is 1. The Morgan fingerprint density at radius 3 is 2.55 bits per heavy atom. The first-order valence-corrected chi connectivity index (χ1v) is 12.9. The van der Waals surface area contributed by atoms with Crippen molar-refractivity contribution in [1.82, 2.24) is 5.32 Å². The number of rotatable bonds is 5. The topological polar surface area (TPSA) is 108 Å². The number of fused-ring (bicyclic) bond motifs is 1. The minimum atomic E-state index is -0.606. The van der Waals surface area contributed by atoms with E-state index in [2.05, 4.69) is 16.7 Å². The van der Waals surface area contributed by atoms with Crippen LogP contribution in [0.1, 0.15) is 80.7 Å². The maximum atomic E-state index is 13.2. The largest absolute Gasteiger partial charge is 0.455 e. The summed E-state index contributed by atoms with van der Waals surface area (Å²) in [5, 5.41) is 16.2. The maximum Gasteiger partial charge on any atom is 0.312 e. The average molecular weight is 470 g/mol. The zero-order valence-corrected chi connectivity index (χ0v) is 19.9. The van der Waals surface area contributed by atoms with Gasteiger partial charge in [0.05, 0.1) is 11.0 Å². The Hall–Kier alpha value is -2.40. The number of thiophene rings is 1. The SMILES string of the molecule is CC(=O)NC12CC3CC(C1)CC(C(=O)OCC(=O)Nc1sc4c(c1C#N)CCCCC4)(C3)C2. The molecule has 4 fully saturated rings. The van der Waals surface area contributed by atoms with Crippen LogP contribution in [0.25, 0.3) is 0 Å². The molecule has 1 aromatic heterocycles. The molecule has 0 spiro atoms. The Morgan fingerprint density at radius 1 is 1.12 bits per heavy atom. The van der Waals surface area contributed by atoms with Gasteiger partial charge in [0.1, 0.15) is 11.1 Å². The van der Waals surface area contributed by atoms with Gasteiger partial charge in [-0.3, -0.25) is 14.4 Å². The first kappa shape index (κ1) is 22.4. The Labute approximate surface area is 198 Å². The fourth-order valence-electron chi connectivity index (χ4n) is 7.42. The molecule has 0 aromatic carbocycles. The van der Waals surface area contributed by atoms with Crippen LogP contribution in [0.3, 0.4) is 0 Å². The van der Waals surface area contributed by atoms with Crippen molar-refractivity contribution < 1.29 is 19.1 Å². The number of hydrogen-bond donors (Lipinski definition) is 2. The molecule has 2 N–H and O–H groups in total. The molecule has 2 unspecified atom stereocenters. The van der Waals surface area contributed by atoms with Crippen molar-refractivity contribution in [2.45, 2.75) is 83.1 Å². The Kier molecular flexibility index (Phi) is 5.72. The molecule has 2 amide bonds. The monoisotopic (exact) mass is 469 g/mol. The quantitative estimate of drug-likeness (QED) is 0.503. The summed E-state index contributed by atoms with van der Waals surface area (Å²) in [6.45, 7) is 1.18. The molecule has 2 atom stereocenters. The summed E-state index contributed by atoms with van der Waals surface area (Å²) >= 11 is 1.48. The molecule has 4 saturated carbocycles. The van der Waals surface area contributed by atoms with Crippen LogP contribution in [0, 0.1) is 28.6 Å². The number of carbonyl (C=O) groups is 3. The van der Waals surface area contributed by atoms with Gasteiger partial charge in [-0.1, -0.05) is 6.42 Å². The van der Waals surface area contributed by atoms with Crippen molar-refractivity contribution in [3.05, 3.63) is 16.0 Å². The predicted molar refractivity (Wildman–Crippen MR) is 124 cm³/mol. The number of nitrogens with one attached hydrogen (secondary N) is 2. The molecule has 176 valence electrons. The van der Waals surface area contributed by atoms with E-state index in [0.717, 1.165) is 69.8 Å². The van der Waals surface area contributed by atoms with E-state index in [1.807, 2.05) is 0 Å². The highest BCUT2D eigenvalue weighted by Crippen LogP contribution is 2.62. The summed E-state index contributed by atoms with van der Waals surface area (Å²) in [5.74, 6) is 0.0577. The second-order valence-corrected chi connectivity index (χ2v) is 11.8. The van der Waals surface area contributed by atoms with Gasteiger partial charge in [0.25, 0.3) is 5.91 Å². The van der Waals surface area contributed by atoms with E-state index >= 15 is 0 Å². The number of ether oxygens (including phenoxy) is 1. The molecule has 0 aliphatic heterocycles. The molecular weight excluding hydrogens is 438 g/mol. The fraction of sp³-hybridized carbons (Fsp3) is 0.680. The lowest BCUT2D eigenvalue weighted by Crippen LogP contribution is -2.64. The van der Waals surface area contributed by atoms with Crippen molar-refractivity contribution in [2.75, 3.05) is 11.9 Å². The first-order valence-electron chi connectivity index (χ1n) is 12.1. The van der Waals surface area contributed by atoms with Crippen LogP contribution in [0.2, 0.25) is 0 Å². The van der Waals surface area contributed by atoms with Gasteiger partial charge in [0.15, 0.2) is 6.61 Å². The molecule has 8 heteroatoms. The number of aryl methyl sites for hydroxylation is 1. The Balaban J connectivity index is 1.24. The van der Waals surface area contributed by atoms with Gasteiger partial charge in [-0.05, 0) is 81.6 Å². The van der Waals surface area contributed by atoms with E-state index < -0.39 is 11.3 Å². The number of amides is 2. The number of nitriles is 1. The number of carbonyl (C=O) groups excluding carboxylic acids is 3. The van der Waals surface area contributed by atoms with E-state index in [1.165, 1.54) is 23.1 Å².